The van der Waals surface area contributed by atoms with Crippen molar-refractivity contribution >= 4 is 5.69 Å². The Morgan fingerprint density at radius 2 is 1.40 bits per heavy atom. The van der Waals surface area contributed by atoms with Gasteiger partial charge in [-0.25, -0.2) is 0 Å². The van der Waals surface area contributed by atoms with E-state index in [0.717, 1.165) is 10.9 Å². The SMILES string of the molecule is CCc1ccccc1[N+](CC)(CC)CC. The van der Waals surface area contributed by atoms with Crippen LogP contribution in [0.2, 0.25) is 0 Å². The average Bonchev–Trinajstić information content (AvgIpc) is 2.33. The van der Waals surface area contributed by atoms with Crippen molar-refractivity contribution in [2.24, 2.45) is 0 Å². The van der Waals surface area contributed by atoms with Gasteiger partial charge in [-0.15, -0.1) is 0 Å². The summed E-state index contributed by atoms with van der Waals surface area (Å²) in [5.74, 6) is 0. The molecule has 1 aromatic rings. The summed E-state index contributed by atoms with van der Waals surface area (Å²) >= 11 is 0. The summed E-state index contributed by atoms with van der Waals surface area (Å²) < 4.78 is 1.12. The zero-order chi connectivity index (χ0) is 11.3. The van der Waals surface area contributed by atoms with E-state index in [1.807, 2.05) is 0 Å². The molecule has 0 aromatic heterocycles. The maximum Gasteiger partial charge on any atom is 0.136 e. The Morgan fingerprint density at radius 1 is 0.867 bits per heavy atom. The number of rotatable bonds is 5. The minimum absolute atomic E-state index is 1.12. The summed E-state index contributed by atoms with van der Waals surface area (Å²) in [6, 6.07) is 8.89. The summed E-state index contributed by atoms with van der Waals surface area (Å²) in [5.41, 5.74) is 3.02. The van der Waals surface area contributed by atoms with Crippen LogP contribution in [-0.2, 0) is 6.42 Å². The Bertz CT molecular complexity index is 292. The number of hydrogen-bond donors (Lipinski definition) is 0. The van der Waals surface area contributed by atoms with E-state index < -0.39 is 0 Å². The molecule has 0 bridgehead atoms. The first-order valence-electron chi connectivity index (χ1n) is 6.18. The van der Waals surface area contributed by atoms with Gasteiger partial charge in [0, 0.05) is 5.56 Å². The van der Waals surface area contributed by atoms with Crippen molar-refractivity contribution in [2.75, 3.05) is 19.6 Å². The van der Waals surface area contributed by atoms with Gasteiger partial charge < -0.3 is 0 Å². The number of hydrogen-bond acceptors (Lipinski definition) is 0. The van der Waals surface area contributed by atoms with E-state index in [-0.39, 0.29) is 0 Å². The largest absolute Gasteiger partial charge is 0.292 e. The normalized spacial score (nSPS) is 11.7. The molecule has 0 aliphatic heterocycles. The molecule has 0 fully saturated rings. The van der Waals surface area contributed by atoms with Crippen LogP contribution in [0.3, 0.4) is 0 Å². The van der Waals surface area contributed by atoms with Crippen LogP contribution in [0.15, 0.2) is 24.3 Å². The molecule has 1 nitrogen and oxygen atoms in total. The van der Waals surface area contributed by atoms with Gasteiger partial charge >= 0.3 is 0 Å². The van der Waals surface area contributed by atoms with E-state index in [2.05, 4.69) is 52.0 Å². The number of benzene rings is 1. The van der Waals surface area contributed by atoms with E-state index in [4.69, 9.17) is 0 Å². The summed E-state index contributed by atoms with van der Waals surface area (Å²) in [5, 5.41) is 0. The second kappa shape index (κ2) is 5.32. The van der Waals surface area contributed by atoms with Crippen LogP contribution in [0.25, 0.3) is 0 Å². The highest BCUT2D eigenvalue weighted by atomic mass is 15.3. The third-order valence-corrected chi connectivity index (χ3v) is 3.70. The highest BCUT2D eigenvalue weighted by Gasteiger charge is 2.26. The Hall–Kier alpha value is -0.820. The Labute approximate surface area is 94.3 Å². The maximum absolute atomic E-state index is 2.30. The molecule has 15 heavy (non-hydrogen) atoms. The summed E-state index contributed by atoms with van der Waals surface area (Å²) in [4.78, 5) is 0. The molecule has 1 rings (SSSR count). The van der Waals surface area contributed by atoms with Gasteiger partial charge in [0.15, 0.2) is 0 Å². The van der Waals surface area contributed by atoms with Crippen molar-refractivity contribution in [3.63, 3.8) is 0 Å². The van der Waals surface area contributed by atoms with Gasteiger partial charge in [-0.05, 0) is 33.3 Å². The van der Waals surface area contributed by atoms with Crippen molar-refractivity contribution in [2.45, 2.75) is 34.1 Å². The first-order valence-corrected chi connectivity index (χ1v) is 6.18. The lowest BCUT2D eigenvalue weighted by Crippen LogP contribution is -2.49. The Balaban J connectivity index is 3.21. The molecule has 0 heterocycles. The molecular formula is C14H24N+. The molecule has 0 atom stereocenters. The lowest BCUT2D eigenvalue weighted by atomic mass is 10.1. The molecular weight excluding hydrogens is 182 g/mol. The molecule has 0 saturated carbocycles. The smallest absolute Gasteiger partial charge is 0.136 e. The van der Waals surface area contributed by atoms with Crippen LogP contribution in [-0.4, -0.2) is 19.6 Å². The molecule has 0 unspecified atom stereocenters. The number of quaternary nitrogens is 1. The Kier molecular flexibility index (Phi) is 4.34. The van der Waals surface area contributed by atoms with E-state index in [9.17, 15) is 0 Å². The monoisotopic (exact) mass is 206 g/mol. The fourth-order valence-corrected chi connectivity index (χ4v) is 2.45. The number of aryl methyl sites for hydroxylation is 1. The lowest BCUT2D eigenvalue weighted by molar-refractivity contribution is 0.314. The molecule has 0 radical (unpaired) electrons. The molecule has 0 amide bonds. The van der Waals surface area contributed by atoms with Gasteiger partial charge in [0.25, 0.3) is 0 Å². The molecule has 0 N–H and O–H groups in total. The van der Waals surface area contributed by atoms with Gasteiger partial charge in [0.05, 0.1) is 19.6 Å². The molecule has 0 saturated heterocycles. The standard InChI is InChI=1S/C14H24N/c1-5-13-11-9-10-12-14(13)15(6-2,7-3)8-4/h9-12H,5-8H2,1-4H3/q+1. The number of nitrogens with zero attached hydrogens (tertiary/aromatic N) is 1. The molecule has 1 heteroatoms. The van der Waals surface area contributed by atoms with E-state index >= 15 is 0 Å². The predicted molar refractivity (Wildman–Crippen MR) is 69.2 cm³/mol. The van der Waals surface area contributed by atoms with Gasteiger partial charge in [0.1, 0.15) is 5.69 Å². The van der Waals surface area contributed by atoms with E-state index in [1.165, 1.54) is 30.9 Å². The van der Waals surface area contributed by atoms with E-state index in [0.29, 0.717) is 0 Å². The van der Waals surface area contributed by atoms with Gasteiger partial charge in [-0.1, -0.05) is 25.1 Å². The number of para-hydroxylation sites is 1. The fraction of sp³-hybridized carbons (Fsp3) is 0.571. The first kappa shape index (κ1) is 12.3. The third kappa shape index (κ3) is 2.23. The van der Waals surface area contributed by atoms with Gasteiger partial charge in [0.2, 0.25) is 0 Å². The first-order chi connectivity index (χ1) is 7.24. The highest BCUT2D eigenvalue weighted by Crippen LogP contribution is 2.27. The van der Waals surface area contributed by atoms with Crippen molar-refractivity contribution in [3.8, 4) is 0 Å². The fourth-order valence-electron chi connectivity index (χ4n) is 2.45. The highest BCUT2D eigenvalue weighted by molar-refractivity contribution is 5.50. The molecule has 0 spiro atoms. The van der Waals surface area contributed by atoms with E-state index in [1.54, 1.807) is 0 Å². The van der Waals surface area contributed by atoms with Crippen LogP contribution in [0.1, 0.15) is 33.3 Å². The summed E-state index contributed by atoms with van der Waals surface area (Å²) in [6.07, 6.45) is 1.14. The average molecular weight is 206 g/mol. The predicted octanol–water partition coefficient (Wildman–Crippen LogP) is 3.62. The zero-order valence-corrected chi connectivity index (χ0v) is 10.6. The van der Waals surface area contributed by atoms with Crippen molar-refractivity contribution < 1.29 is 0 Å². The Morgan fingerprint density at radius 3 is 1.87 bits per heavy atom. The van der Waals surface area contributed by atoms with Crippen LogP contribution in [0.4, 0.5) is 5.69 Å². The van der Waals surface area contributed by atoms with Crippen LogP contribution < -0.4 is 4.48 Å². The van der Waals surface area contributed by atoms with Crippen LogP contribution in [0.5, 0.6) is 0 Å². The second-order valence-corrected chi connectivity index (χ2v) is 4.08. The topological polar surface area (TPSA) is 0 Å². The van der Waals surface area contributed by atoms with Crippen molar-refractivity contribution in [1.82, 2.24) is 4.48 Å². The third-order valence-electron chi connectivity index (χ3n) is 3.70. The molecule has 84 valence electrons. The van der Waals surface area contributed by atoms with Crippen LogP contribution in [0, 0.1) is 0 Å². The van der Waals surface area contributed by atoms with Crippen molar-refractivity contribution in [3.05, 3.63) is 29.8 Å². The quantitative estimate of drug-likeness (QED) is 0.646. The van der Waals surface area contributed by atoms with Gasteiger partial charge in [-0.2, -0.15) is 0 Å². The van der Waals surface area contributed by atoms with Crippen LogP contribution >= 0.6 is 0 Å². The zero-order valence-electron chi connectivity index (χ0n) is 10.6. The molecule has 0 aliphatic carbocycles. The maximum atomic E-state index is 2.30. The molecule has 0 aliphatic rings. The minimum atomic E-state index is 1.12. The summed E-state index contributed by atoms with van der Waals surface area (Å²) in [6.45, 7) is 12.7. The summed E-state index contributed by atoms with van der Waals surface area (Å²) in [7, 11) is 0. The molecule has 1 aromatic carbocycles. The van der Waals surface area contributed by atoms with Gasteiger partial charge in [-0.3, -0.25) is 4.48 Å². The lowest BCUT2D eigenvalue weighted by Gasteiger charge is -2.36. The minimum Gasteiger partial charge on any atom is -0.292 e. The second-order valence-electron chi connectivity index (χ2n) is 4.08. The van der Waals surface area contributed by atoms with Crippen molar-refractivity contribution in [1.29, 1.82) is 0 Å².